The van der Waals surface area contributed by atoms with E-state index in [1.807, 2.05) is 29.8 Å². The number of carbonyl (C=O) groups excluding carboxylic acids is 4. The number of amides is 4. The van der Waals surface area contributed by atoms with Crippen LogP contribution in [-0.2, 0) is 21.4 Å². The third-order valence-corrected chi connectivity index (χ3v) is 13.2. The molecule has 2 aromatic carbocycles. The lowest BCUT2D eigenvalue weighted by atomic mass is 9.89. The number of aromatic nitrogens is 3. The van der Waals surface area contributed by atoms with Crippen LogP contribution >= 0.6 is 0 Å². The van der Waals surface area contributed by atoms with E-state index in [0.717, 1.165) is 48.3 Å². The van der Waals surface area contributed by atoms with E-state index in [0.29, 0.717) is 80.2 Å². The van der Waals surface area contributed by atoms with Crippen LogP contribution in [0.5, 0.6) is 5.88 Å². The van der Waals surface area contributed by atoms with E-state index < -0.39 is 29.4 Å². The largest absolute Gasteiger partial charge is 0.477 e. The number of benzene rings is 2. The highest BCUT2D eigenvalue weighted by Gasteiger charge is 2.37. The standard InChI is InChI=1S/C46H52F2N10O5/c1-26-6-5-17-63-45-34(23-49-55(45)4)38-19-29(18-27(2)50-38)42(60)53-46-51-37-9-7-31(22-39(37)58(46)24-26)54(3)30-12-15-56(16-13-30)44(62)28-11-14-57(25-28)32-20-35(47)41(36(48)21-32)33-8-10-40(59)52-43(33)61/h7,9,18-23,26,28,30,33H,5-6,8,10-17,24-25H2,1-4H3,(H,51,53,60)(H,52,59,61)/t26-,28-,33-/m1/s1. The van der Waals surface area contributed by atoms with E-state index in [2.05, 4.69) is 56.6 Å². The van der Waals surface area contributed by atoms with Gasteiger partial charge in [-0.2, -0.15) is 10.1 Å². The molecule has 3 saturated heterocycles. The predicted molar refractivity (Wildman–Crippen MR) is 234 cm³/mol. The number of halogens is 2. The van der Waals surface area contributed by atoms with E-state index in [1.54, 1.807) is 23.0 Å². The molecule has 4 amide bonds. The van der Waals surface area contributed by atoms with Crippen molar-refractivity contribution in [3.63, 3.8) is 0 Å². The zero-order valence-electron chi connectivity index (χ0n) is 36.0. The monoisotopic (exact) mass is 862 g/mol. The zero-order valence-corrected chi connectivity index (χ0v) is 36.0. The topological polar surface area (TPSA) is 158 Å². The van der Waals surface area contributed by atoms with Crippen LogP contribution in [0.4, 0.5) is 31.5 Å². The molecule has 9 rings (SSSR count). The molecule has 63 heavy (non-hydrogen) atoms. The maximum absolute atomic E-state index is 15.3. The van der Waals surface area contributed by atoms with Crippen LogP contribution < -0.4 is 30.1 Å². The van der Waals surface area contributed by atoms with Crippen molar-refractivity contribution < 1.29 is 32.7 Å². The van der Waals surface area contributed by atoms with Gasteiger partial charge in [0, 0.05) is 87.5 Å². The number of aliphatic imine (C=N–C) groups is 1. The van der Waals surface area contributed by atoms with Crippen molar-refractivity contribution in [2.75, 3.05) is 66.4 Å². The van der Waals surface area contributed by atoms with Crippen LogP contribution in [-0.4, -0.2) is 102 Å². The molecule has 2 N–H and O–H groups in total. The Balaban J connectivity index is 0.856. The number of likely N-dealkylation sites (tertiary alicyclic amines) is 1. The molecule has 0 spiro atoms. The number of nitrogens with zero attached hydrogens (tertiary/aromatic N) is 8. The van der Waals surface area contributed by atoms with Crippen molar-refractivity contribution in [3.05, 3.63) is 77.1 Å². The molecule has 330 valence electrons. The first-order valence-electron chi connectivity index (χ1n) is 21.9. The molecular formula is C46H52F2N10O5. The Bertz CT molecular complexity index is 2490. The van der Waals surface area contributed by atoms with E-state index in [-0.39, 0.29) is 48.1 Å². The van der Waals surface area contributed by atoms with Crippen LogP contribution in [0.3, 0.4) is 0 Å². The number of rotatable bonds is 5. The van der Waals surface area contributed by atoms with Crippen molar-refractivity contribution in [1.29, 1.82) is 0 Å². The highest BCUT2D eigenvalue weighted by atomic mass is 19.1. The smallest absolute Gasteiger partial charge is 0.280 e. The fourth-order valence-corrected chi connectivity index (χ4v) is 9.71. The molecular weight excluding hydrogens is 811 g/mol. The number of carbonyl (C=O) groups is 4. The van der Waals surface area contributed by atoms with Crippen LogP contribution in [0.25, 0.3) is 11.3 Å². The summed E-state index contributed by atoms with van der Waals surface area (Å²) in [5.74, 6) is -3.20. The summed E-state index contributed by atoms with van der Waals surface area (Å²) in [5, 5.41) is 9.99. The van der Waals surface area contributed by atoms with E-state index in [4.69, 9.17) is 9.72 Å². The number of ether oxygens (including phenoxy) is 1. The number of piperidine rings is 2. The maximum Gasteiger partial charge on any atom is 0.280 e. The summed E-state index contributed by atoms with van der Waals surface area (Å²) >= 11 is 0. The predicted octanol–water partition coefficient (Wildman–Crippen LogP) is 5.78. The second-order valence-corrected chi connectivity index (χ2v) is 17.6. The first-order chi connectivity index (χ1) is 30.3. The molecule has 5 aliphatic heterocycles. The molecule has 7 heterocycles. The van der Waals surface area contributed by atoms with Gasteiger partial charge in [0.2, 0.25) is 29.6 Å². The highest BCUT2D eigenvalue weighted by Crippen LogP contribution is 2.39. The minimum Gasteiger partial charge on any atom is -0.477 e. The number of pyridine rings is 1. The van der Waals surface area contributed by atoms with Crippen molar-refractivity contribution in [2.45, 2.75) is 70.8 Å². The van der Waals surface area contributed by atoms with Gasteiger partial charge in [0.15, 0.2) is 0 Å². The van der Waals surface area contributed by atoms with Crippen molar-refractivity contribution in [1.82, 2.24) is 25.0 Å². The second kappa shape index (κ2) is 17.1. The molecule has 3 atom stereocenters. The summed E-state index contributed by atoms with van der Waals surface area (Å²) in [6.45, 7) is 7.18. The Labute approximate surface area is 364 Å². The summed E-state index contributed by atoms with van der Waals surface area (Å²) in [6.07, 6.45) is 5.59. The molecule has 5 aliphatic rings. The van der Waals surface area contributed by atoms with Crippen LogP contribution in [0.1, 0.15) is 79.4 Å². The summed E-state index contributed by atoms with van der Waals surface area (Å²) in [7, 11) is 3.91. The molecule has 3 fully saturated rings. The number of hydrogen-bond acceptors (Lipinski definition) is 11. The van der Waals surface area contributed by atoms with Gasteiger partial charge < -0.3 is 29.7 Å². The van der Waals surface area contributed by atoms with Crippen molar-refractivity contribution in [3.8, 4) is 17.1 Å². The fourth-order valence-electron chi connectivity index (χ4n) is 9.71. The third-order valence-electron chi connectivity index (χ3n) is 13.2. The first kappa shape index (κ1) is 41.9. The second-order valence-electron chi connectivity index (χ2n) is 17.6. The summed E-state index contributed by atoms with van der Waals surface area (Å²) < 4.78 is 38.6. The molecule has 15 nitrogen and oxygen atoms in total. The van der Waals surface area contributed by atoms with Gasteiger partial charge in [-0.15, -0.1) is 0 Å². The quantitative estimate of drug-likeness (QED) is 0.235. The number of guanidine groups is 1. The Kier molecular flexibility index (Phi) is 11.4. The normalized spacial score (nSPS) is 22.8. The van der Waals surface area contributed by atoms with Gasteiger partial charge in [0.1, 0.15) is 11.6 Å². The van der Waals surface area contributed by atoms with Crippen LogP contribution in [0.2, 0.25) is 0 Å². The highest BCUT2D eigenvalue weighted by molar-refractivity contribution is 6.19. The fraction of sp³-hybridized carbons (Fsp3) is 0.457. The third kappa shape index (κ3) is 8.32. The van der Waals surface area contributed by atoms with Crippen LogP contribution in [0, 0.1) is 30.4 Å². The average molecular weight is 863 g/mol. The molecule has 0 saturated carbocycles. The number of nitrogens with one attached hydrogen (secondary N) is 2. The molecule has 0 aliphatic carbocycles. The van der Waals surface area contributed by atoms with Gasteiger partial charge in [-0.05, 0) is 93.8 Å². The molecule has 17 heteroatoms. The Morgan fingerprint density at radius 3 is 2.48 bits per heavy atom. The molecule has 4 aromatic rings. The average Bonchev–Trinajstić information content (AvgIpc) is 3.99. The minimum atomic E-state index is -1.07. The van der Waals surface area contributed by atoms with E-state index >= 15 is 8.78 Å². The summed E-state index contributed by atoms with van der Waals surface area (Å²) in [5.41, 5.74) is 5.23. The van der Waals surface area contributed by atoms with Gasteiger partial charge in [-0.3, -0.25) is 29.5 Å². The van der Waals surface area contributed by atoms with Crippen molar-refractivity contribution >= 4 is 52.3 Å². The lowest BCUT2D eigenvalue weighted by molar-refractivity contribution is -0.136. The number of imide groups is 1. The number of anilines is 4. The van der Waals surface area contributed by atoms with Gasteiger partial charge >= 0.3 is 0 Å². The van der Waals surface area contributed by atoms with E-state index in [1.165, 1.54) is 12.1 Å². The summed E-state index contributed by atoms with van der Waals surface area (Å²) in [4.78, 5) is 69.0. The van der Waals surface area contributed by atoms with Gasteiger partial charge in [-0.25, -0.2) is 13.5 Å². The minimum absolute atomic E-state index is 0.0205. The van der Waals surface area contributed by atoms with Crippen molar-refractivity contribution in [2.24, 2.45) is 23.9 Å². The maximum atomic E-state index is 15.3. The Morgan fingerprint density at radius 2 is 1.71 bits per heavy atom. The molecule has 2 bridgehead atoms. The lowest BCUT2D eigenvalue weighted by Gasteiger charge is -2.39. The van der Waals surface area contributed by atoms with E-state index in [9.17, 15) is 19.2 Å². The Hall–Kier alpha value is -6.39. The lowest BCUT2D eigenvalue weighted by Crippen LogP contribution is -2.47. The van der Waals surface area contributed by atoms with Crippen LogP contribution in [0.15, 0.2) is 53.7 Å². The molecule has 0 radical (unpaired) electrons. The molecule has 2 aromatic heterocycles. The number of fused-ring (bicyclic) bond motifs is 7. The first-order valence-corrected chi connectivity index (χ1v) is 21.9. The van der Waals surface area contributed by atoms with Gasteiger partial charge in [0.25, 0.3) is 5.91 Å². The number of hydrogen-bond donors (Lipinski definition) is 2. The Morgan fingerprint density at radius 1 is 0.937 bits per heavy atom. The summed E-state index contributed by atoms with van der Waals surface area (Å²) in [6, 6.07) is 12.4. The molecule has 0 unspecified atom stereocenters. The zero-order chi connectivity index (χ0) is 44.1. The van der Waals surface area contributed by atoms with Gasteiger partial charge in [0.05, 0.1) is 47.3 Å². The SMILES string of the molecule is Cc1cc2cc(n1)-c1cnn(C)c1OCCC[C@@H](C)CN1/C(=N/C2=O)Nc2ccc(N(C)C3CCN(C(=O)[C@@H]4CCN(c5cc(F)c([C@H]6CCC(=O)NC6=O)c(F)c5)C4)CC3)cc21. The number of aryl methyl sites for hydroxylation is 2. The van der Waals surface area contributed by atoms with Gasteiger partial charge in [-0.1, -0.05) is 6.92 Å².